The van der Waals surface area contributed by atoms with Gasteiger partial charge in [-0.3, -0.25) is 4.79 Å². The number of rotatable bonds is 5. The monoisotopic (exact) mass is 367 g/mol. The van der Waals surface area contributed by atoms with Crippen LogP contribution in [0.5, 0.6) is 0 Å². The number of amides is 1. The largest absolute Gasteiger partial charge is 0.376 e. The van der Waals surface area contributed by atoms with Crippen LogP contribution in [-0.4, -0.2) is 23.2 Å². The van der Waals surface area contributed by atoms with Crippen LogP contribution in [0.4, 0.5) is 10.1 Å². The van der Waals surface area contributed by atoms with Crippen LogP contribution in [0.1, 0.15) is 29.8 Å². The molecule has 1 atom stereocenters. The van der Waals surface area contributed by atoms with Crippen LogP contribution in [0.3, 0.4) is 0 Å². The third kappa shape index (κ3) is 4.26. The van der Waals surface area contributed by atoms with Crippen LogP contribution in [0, 0.1) is 31.0 Å². The van der Waals surface area contributed by atoms with Gasteiger partial charge in [-0.15, -0.1) is 0 Å². The van der Waals surface area contributed by atoms with Gasteiger partial charge in [0, 0.05) is 24.5 Å². The van der Waals surface area contributed by atoms with Gasteiger partial charge < -0.3 is 14.6 Å². The van der Waals surface area contributed by atoms with E-state index in [4.69, 9.17) is 4.74 Å². The molecule has 0 radical (unpaired) electrons. The molecular weight excluding hydrogens is 345 g/mol. The molecule has 1 unspecified atom stereocenters. The highest BCUT2D eigenvalue weighted by molar-refractivity contribution is 6.09. The van der Waals surface area contributed by atoms with E-state index >= 15 is 0 Å². The van der Waals surface area contributed by atoms with Crippen LogP contribution >= 0.6 is 0 Å². The van der Waals surface area contributed by atoms with Crippen molar-refractivity contribution in [1.29, 1.82) is 5.26 Å². The van der Waals surface area contributed by atoms with Crippen molar-refractivity contribution >= 4 is 17.7 Å². The lowest BCUT2D eigenvalue weighted by Gasteiger charge is -2.14. The number of hydrogen-bond acceptors (Lipinski definition) is 3. The summed E-state index contributed by atoms with van der Waals surface area (Å²) in [6.45, 7) is 5.50. The lowest BCUT2D eigenvalue weighted by Crippen LogP contribution is -2.17. The van der Waals surface area contributed by atoms with E-state index in [-0.39, 0.29) is 17.4 Å². The van der Waals surface area contributed by atoms with Crippen molar-refractivity contribution in [3.63, 3.8) is 0 Å². The average Bonchev–Trinajstić information content (AvgIpc) is 3.25. The van der Waals surface area contributed by atoms with E-state index in [9.17, 15) is 14.4 Å². The molecule has 6 heteroatoms. The van der Waals surface area contributed by atoms with Gasteiger partial charge in [-0.25, -0.2) is 4.39 Å². The molecule has 0 bridgehead atoms. The van der Waals surface area contributed by atoms with Gasteiger partial charge >= 0.3 is 0 Å². The summed E-state index contributed by atoms with van der Waals surface area (Å²) in [5.41, 5.74) is 2.78. The van der Waals surface area contributed by atoms with Crippen LogP contribution in [-0.2, 0) is 16.1 Å². The Morgan fingerprint density at radius 3 is 2.89 bits per heavy atom. The minimum atomic E-state index is -0.633. The molecule has 1 aromatic carbocycles. The van der Waals surface area contributed by atoms with Crippen LogP contribution < -0.4 is 5.32 Å². The molecule has 0 aliphatic carbocycles. The molecule has 0 spiro atoms. The highest BCUT2D eigenvalue weighted by atomic mass is 19.1. The molecule has 1 N–H and O–H groups in total. The summed E-state index contributed by atoms with van der Waals surface area (Å²) >= 11 is 0. The van der Waals surface area contributed by atoms with Crippen molar-refractivity contribution in [3.05, 3.63) is 58.7 Å². The first-order valence-electron chi connectivity index (χ1n) is 8.95. The summed E-state index contributed by atoms with van der Waals surface area (Å²) in [6.07, 6.45) is 3.86. The number of anilines is 1. The second-order valence-corrected chi connectivity index (χ2v) is 6.68. The quantitative estimate of drug-likeness (QED) is 0.642. The number of para-hydroxylation sites is 1. The topological polar surface area (TPSA) is 67.0 Å². The first-order chi connectivity index (χ1) is 13.0. The fourth-order valence-corrected chi connectivity index (χ4v) is 3.30. The average molecular weight is 367 g/mol. The summed E-state index contributed by atoms with van der Waals surface area (Å²) in [4.78, 5) is 12.4. The maximum atomic E-state index is 13.7. The molecule has 3 rings (SSSR count). The maximum Gasteiger partial charge on any atom is 0.266 e. The molecule has 27 heavy (non-hydrogen) atoms. The minimum Gasteiger partial charge on any atom is -0.376 e. The smallest absolute Gasteiger partial charge is 0.266 e. The van der Waals surface area contributed by atoms with Crippen molar-refractivity contribution in [2.45, 2.75) is 39.3 Å². The van der Waals surface area contributed by atoms with Gasteiger partial charge in [0.2, 0.25) is 0 Å². The Balaban J connectivity index is 1.82. The van der Waals surface area contributed by atoms with Crippen molar-refractivity contribution in [2.24, 2.45) is 0 Å². The molecule has 1 amide bonds. The highest BCUT2D eigenvalue weighted by Crippen LogP contribution is 2.22. The first kappa shape index (κ1) is 18.9. The number of nitrogens with one attached hydrogen (secondary N) is 1. The zero-order chi connectivity index (χ0) is 19.4. The standard InChI is InChI=1S/C21H22FN3O2/c1-14-10-16(15(2)25(14)13-18-6-5-9-27-18)11-17(12-23)21(26)24-20-8-4-3-7-19(20)22/h3-4,7-8,10-11,18H,5-6,9,13H2,1-2H3,(H,24,26)/b17-11-. The molecular formula is C21H22FN3O2. The highest BCUT2D eigenvalue weighted by Gasteiger charge is 2.19. The van der Waals surface area contributed by atoms with E-state index in [1.165, 1.54) is 18.2 Å². The molecule has 1 aliphatic heterocycles. The third-order valence-corrected chi connectivity index (χ3v) is 4.81. The number of carbonyl (C=O) groups excluding carboxylic acids is 1. The molecule has 1 aliphatic rings. The lowest BCUT2D eigenvalue weighted by molar-refractivity contribution is -0.112. The first-order valence-corrected chi connectivity index (χ1v) is 8.95. The fraction of sp³-hybridized carbons (Fsp3) is 0.333. The second kappa shape index (κ2) is 8.19. The number of nitrogens with zero attached hydrogens (tertiary/aromatic N) is 2. The number of benzene rings is 1. The van der Waals surface area contributed by atoms with Crippen molar-refractivity contribution in [2.75, 3.05) is 11.9 Å². The van der Waals surface area contributed by atoms with E-state index in [0.29, 0.717) is 0 Å². The van der Waals surface area contributed by atoms with Crippen LogP contribution in [0.25, 0.3) is 6.08 Å². The summed E-state index contributed by atoms with van der Waals surface area (Å²) in [5, 5.41) is 11.9. The van der Waals surface area contributed by atoms with Gasteiger partial charge in [0.25, 0.3) is 5.91 Å². The molecule has 5 nitrogen and oxygen atoms in total. The Labute approximate surface area is 158 Å². The SMILES string of the molecule is Cc1cc(/C=C(/C#N)C(=O)Nc2ccccc2F)c(C)n1CC1CCCO1. The summed E-state index contributed by atoms with van der Waals surface area (Å²) in [6, 6.07) is 9.72. The van der Waals surface area contributed by atoms with Crippen molar-refractivity contribution in [3.8, 4) is 6.07 Å². The van der Waals surface area contributed by atoms with E-state index in [0.717, 1.165) is 42.9 Å². The van der Waals surface area contributed by atoms with E-state index in [1.807, 2.05) is 26.0 Å². The zero-order valence-electron chi connectivity index (χ0n) is 15.5. The van der Waals surface area contributed by atoms with Gasteiger partial charge in [-0.1, -0.05) is 12.1 Å². The minimum absolute atomic E-state index is 0.0486. The normalized spacial score (nSPS) is 17.0. The van der Waals surface area contributed by atoms with Crippen LogP contribution in [0.2, 0.25) is 0 Å². The Morgan fingerprint density at radius 2 is 2.22 bits per heavy atom. The molecule has 2 heterocycles. The van der Waals surface area contributed by atoms with E-state index < -0.39 is 11.7 Å². The fourth-order valence-electron chi connectivity index (χ4n) is 3.30. The summed E-state index contributed by atoms with van der Waals surface area (Å²) in [5.74, 6) is -1.18. The zero-order valence-corrected chi connectivity index (χ0v) is 15.5. The number of carbonyl (C=O) groups is 1. The molecule has 2 aromatic rings. The molecule has 0 saturated carbocycles. The van der Waals surface area contributed by atoms with Gasteiger partial charge in [0.15, 0.2) is 0 Å². The van der Waals surface area contributed by atoms with Gasteiger partial charge in [-0.2, -0.15) is 5.26 Å². The van der Waals surface area contributed by atoms with Crippen LogP contribution in [0.15, 0.2) is 35.9 Å². The van der Waals surface area contributed by atoms with Crippen molar-refractivity contribution in [1.82, 2.24) is 4.57 Å². The number of hydrogen-bond donors (Lipinski definition) is 1. The summed E-state index contributed by atoms with van der Waals surface area (Å²) < 4.78 is 21.6. The van der Waals surface area contributed by atoms with E-state index in [1.54, 1.807) is 12.1 Å². The lowest BCUT2D eigenvalue weighted by atomic mass is 10.1. The molecule has 1 aromatic heterocycles. The predicted molar refractivity (Wildman–Crippen MR) is 101 cm³/mol. The molecule has 1 fully saturated rings. The molecule has 1 saturated heterocycles. The van der Waals surface area contributed by atoms with E-state index in [2.05, 4.69) is 9.88 Å². The van der Waals surface area contributed by atoms with Gasteiger partial charge in [0.05, 0.1) is 11.8 Å². The Kier molecular flexibility index (Phi) is 5.72. The maximum absolute atomic E-state index is 13.7. The predicted octanol–water partition coefficient (Wildman–Crippen LogP) is 3.97. The Hall–Kier alpha value is -2.91. The molecule has 140 valence electrons. The van der Waals surface area contributed by atoms with Gasteiger partial charge in [-0.05, 0) is 56.5 Å². The Morgan fingerprint density at radius 1 is 1.44 bits per heavy atom. The number of ether oxygens (including phenoxy) is 1. The number of aryl methyl sites for hydroxylation is 1. The third-order valence-electron chi connectivity index (χ3n) is 4.81. The second-order valence-electron chi connectivity index (χ2n) is 6.68. The number of halogens is 1. The number of nitriles is 1. The van der Waals surface area contributed by atoms with Gasteiger partial charge in [0.1, 0.15) is 17.5 Å². The summed E-state index contributed by atoms with van der Waals surface area (Å²) in [7, 11) is 0. The Bertz CT molecular complexity index is 918. The van der Waals surface area contributed by atoms with Crippen molar-refractivity contribution < 1.29 is 13.9 Å². The number of aromatic nitrogens is 1.